The molecule has 0 radical (unpaired) electrons. The summed E-state index contributed by atoms with van der Waals surface area (Å²) in [6, 6.07) is 8.15. The monoisotopic (exact) mass is 455 g/mol. The Balaban J connectivity index is 1.77. The molecule has 1 aromatic carbocycles. The number of rotatable bonds is 5. The van der Waals surface area contributed by atoms with Gasteiger partial charge in [0.05, 0.1) is 22.7 Å². The summed E-state index contributed by atoms with van der Waals surface area (Å²) in [4.78, 5) is 6.67. The minimum Gasteiger partial charge on any atom is -0.244 e. The number of aryl methyl sites for hydroxylation is 3. The van der Waals surface area contributed by atoms with E-state index in [2.05, 4.69) is 10.1 Å². The molecule has 160 valence electrons. The maximum atomic E-state index is 12.8. The van der Waals surface area contributed by atoms with Crippen molar-refractivity contribution in [2.24, 2.45) is 0 Å². The van der Waals surface area contributed by atoms with Crippen molar-refractivity contribution in [1.29, 1.82) is 0 Å². The number of nitrogens with zero attached hydrogens (tertiary/aromatic N) is 3. The lowest BCUT2D eigenvalue weighted by Crippen LogP contribution is -2.13. The first-order chi connectivity index (χ1) is 14.1. The Morgan fingerprint density at radius 3 is 2.63 bits per heavy atom. The quantitative estimate of drug-likeness (QED) is 0.549. The number of aromatic nitrogens is 3. The predicted octanol–water partition coefficient (Wildman–Crippen LogP) is 4.91. The number of thiophene rings is 1. The van der Waals surface area contributed by atoms with Crippen LogP contribution in [-0.2, 0) is 29.2 Å². The van der Waals surface area contributed by atoms with Gasteiger partial charge in [0.25, 0.3) is 0 Å². The molecule has 0 saturated heterocycles. The van der Waals surface area contributed by atoms with E-state index in [0.29, 0.717) is 11.4 Å². The number of alkyl halides is 3. The molecule has 0 fully saturated rings. The Bertz CT molecular complexity index is 1160. The molecule has 10 heteroatoms. The van der Waals surface area contributed by atoms with Gasteiger partial charge in [-0.2, -0.15) is 18.3 Å². The number of halogens is 3. The fourth-order valence-corrected chi connectivity index (χ4v) is 5.42. The molecule has 1 aliphatic rings. The van der Waals surface area contributed by atoms with Crippen LogP contribution in [0.5, 0.6) is 0 Å². The lowest BCUT2D eigenvalue weighted by molar-refractivity contribution is -0.137. The summed E-state index contributed by atoms with van der Waals surface area (Å²) >= 11 is 1.55. The summed E-state index contributed by atoms with van der Waals surface area (Å²) < 4.78 is 63.6. The van der Waals surface area contributed by atoms with Crippen LogP contribution in [0.15, 0.2) is 35.2 Å². The van der Waals surface area contributed by atoms with E-state index in [-0.39, 0.29) is 17.3 Å². The van der Waals surface area contributed by atoms with E-state index in [1.165, 1.54) is 27.3 Å². The van der Waals surface area contributed by atoms with Gasteiger partial charge in [-0.25, -0.2) is 18.1 Å². The average molecular weight is 456 g/mol. The maximum absolute atomic E-state index is 12.8. The third-order valence-electron chi connectivity index (χ3n) is 5.02. The Hall–Kier alpha value is -2.20. The van der Waals surface area contributed by atoms with Crippen molar-refractivity contribution in [2.75, 3.05) is 6.26 Å². The molecule has 0 saturated carbocycles. The summed E-state index contributed by atoms with van der Waals surface area (Å²) in [5.74, 6) is 0.599. The highest BCUT2D eigenvalue weighted by molar-refractivity contribution is 7.90. The number of hydrogen-bond donors (Lipinski definition) is 0. The zero-order valence-corrected chi connectivity index (χ0v) is 17.9. The van der Waals surface area contributed by atoms with E-state index in [9.17, 15) is 21.6 Å². The van der Waals surface area contributed by atoms with Gasteiger partial charge in [0.1, 0.15) is 0 Å². The van der Waals surface area contributed by atoms with E-state index in [1.54, 1.807) is 23.5 Å². The highest BCUT2D eigenvalue weighted by atomic mass is 32.2. The summed E-state index contributed by atoms with van der Waals surface area (Å²) in [5.41, 5.74) is 1.68. The Morgan fingerprint density at radius 2 is 1.93 bits per heavy atom. The van der Waals surface area contributed by atoms with Crippen LogP contribution in [0.3, 0.4) is 0 Å². The molecular weight excluding hydrogens is 435 g/mol. The van der Waals surface area contributed by atoms with Crippen molar-refractivity contribution in [2.45, 2.75) is 49.7 Å². The van der Waals surface area contributed by atoms with E-state index >= 15 is 0 Å². The maximum Gasteiger partial charge on any atom is 0.390 e. The van der Waals surface area contributed by atoms with Gasteiger partial charge in [-0.1, -0.05) is 12.1 Å². The highest BCUT2D eigenvalue weighted by Gasteiger charge is 2.28. The third-order valence-corrected chi connectivity index (χ3v) is 7.36. The fourth-order valence-electron chi connectivity index (χ4n) is 3.50. The second-order valence-electron chi connectivity index (χ2n) is 7.41. The summed E-state index contributed by atoms with van der Waals surface area (Å²) in [7, 11) is -3.43. The zero-order chi connectivity index (χ0) is 21.5. The Morgan fingerprint density at radius 1 is 1.17 bits per heavy atom. The van der Waals surface area contributed by atoms with Crippen LogP contribution in [0.2, 0.25) is 0 Å². The molecule has 0 atom stereocenters. The topological polar surface area (TPSA) is 64.8 Å². The van der Waals surface area contributed by atoms with Crippen molar-refractivity contribution in [3.63, 3.8) is 0 Å². The zero-order valence-electron chi connectivity index (χ0n) is 16.2. The van der Waals surface area contributed by atoms with E-state index in [0.717, 1.165) is 36.8 Å². The minimum atomic E-state index is -4.31. The number of benzene rings is 1. The van der Waals surface area contributed by atoms with Gasteiger partial charge >= 0.3 is 6.18 Å². The van der Waals surface area contributed by atoms with E-state index < -0.39 is 22.4 Å². The van der Waals surface area contributed by atoms with Crippen molar-refractivity contribution >= 4 is 21.2 Å². The molecule has 0 amide bonds. The molecular formula is C20H20F3N3O2S2. The van der Waals surface area contributed by atoms with Crippen LogP contribution in [0.4, 0.5) is 13.2 Å². The molecule has 30 heavy (non-hydrogen) atoms. The number of hydrogen-bond acceptors (Lipinski definition) is 5. The largest absolute Gasteiger partial charge is 0.390 e. The van der Waals surface area contributed by atoms with Gasteiger partial charge in [0.15, 0.2) is 21.5 Å². The van der Waals surface area contributed by atoms with Crippen molar-refractivity contribution in [1.82, 2.24) is 14.8 Å². The van der Waals surface area contributed by atoms with Crippen LogP contribution in [0.25, 0.3) is 22.1 Å². The molecule has 0 spiro atoms. The van der Waals surface area contributed by atoms with E-state index in [1.807, 2.05) is 6.07 Å². The van der Waals surface area contributed by atoms with Crippen LogP contribution >= 0.6 is 11.3 Å². The molecule has 0 bridgehead atoms. The molecule has 0 N–H and O–H groups in total. The molecule has 0 aliphatic heterocycles. The van der Waals surface area contributed by atoms with E-state index in [4.69, 9.17) is 0 Å². The smallest absolute Gasteiger partial charge is 0.244 e. The molecule has 3 aromatic rings. The lowest BCUT2D eigenvalue weighted by atomic mass is 9.99. The van der Waals surface area contributed by atoms with Gasteiger partial charge in [-0.15, -0.1) is 11.3 Å². The van der Waals surface area contributed by atoms with Gasteiger partial charge in [0, 0.05) is 16.7 Å². The van der Waals surface area contributed by atoms with Crippen molar-refractivity contribution in [3.05, 3.63) is 40.8 Å². The first-order valence-electron chi connectivity index (χ1n) is 9.54. The molecule has 0 unspecified atom stereocenters. The van der Waals surface area contributed by atoms with Gasteiger partial charge in [0.2, 0.25) is 0 Å². The number of sulfone groups is 1. The highest BCUT2D eigenvalue weighted by Crippen LogP contribution is 2.36. The van der Waals surface area contributed by atoms with Gasteiger partial charge in [-0.05, 0) is 49.4 Å². The SMILES string of the molecule is CS(=O)(=O)c1cccc(-c2nc(-c3cc4c(s3)CCCC4)n(CCC(F)(F)F)n2)c1. The fraction of sp³-hybridized carbons (Fsp3) is 0.400. The Labute approximate surface area is 176 Å². The summed E-state index contributed by atoms with van der Waals surface area (Å²) in [6.45, 7) is -0.347. The first kappa shape index (κ1) is 21.0. The normalized spacial score (nSPS) is 14.7. The van der Waals surface area contributed by atoms with Crippen LogP contribution in [-0.4, -0.2) is 35.6 Å². The average Bonchev–Trinajstić information content (AvgIpc) is 3.29. The van der Waals surface area contributed by atoms with Crippen LogP contribution in [0.1, 0.15) is 29.7 Å². The number of fused-ring (bicyclic) bond motifs is 1. The van der Waals surface area contributed by atoms with Crippen LogP contribution < -0.4 is 0 Å². The standard InChI is InChI=1S/C20H20F3N3O2S2/c1-30(27,28)15-7-4-6-14(11-15)18-24-19(26(25-18)10-9-20(21,22)23)17-12-13-5-2-3-8-16(13)29-17/h4,6-7,11-12H,2-3,5,8-10H2,1H3. The van der Waals surface area contributed by atoms with Crippen LogP contribution in [0, 0.1) is 0 Å². The van der Waals surface area contributed by atoms with Gasteiger partial charge < -0.3 is 0 Å². The molecule has 1 aliphatic carbocycles. The van der Waals surface area contributed by atoms with Gasteiger partial charge in [-0.3, -0.25) is 0 Å². The lowest BCUT2D eigenvalue weighted by Gasteiger charge is -2.08. The second kappa shape index (κ2) is 7.81. The molecule has 4 rings (SSSR count). The predicted molar refractivity (Wildman–Crippen MR) is 109 cm³/mol. The first-order valence-corrected chi connectivity index (χ1v) is 12.2. The summed E-state index contributed by atoms with van der Waals surface area (Å²) in [6.07, 6.45) is -0.0783. The molecule has 5 nitrogen and oxygen atoms in total. The minimum absolute atomic E-state index is 0.111. The van der Waals surface area contributed by atoms with Crippen molar-refractivity contribution in [3.8, 4) is 22.1 Å². The van der Waals surface area contributed by atoms with Crippen molar-refractivity contribution < 1.29 is 21.6 Å². The molecule has 2 heterocycles. The Kier molecular flexibility index (Phi) is 5.48. The molecule has 2 aromatic heterocycles. The summed E-state index contributed by atoms with van der Waals surface area (Å²) in [5, 5.41) is 4.31. The second-order valence-corrected chi connectivity index (χ2v) is 10.6. The third kappa shape index (κ3) is 4.59.